The summed E-state index contributed by atoms with van der Waals surface area (Å²) < 4.78 is 0. The maximum atomic E-state index is 9.20. The van der Waals surface area contributed by atoms with Crippen LogP contribution in [0.4, 0.5) is 0 Å². The van der Waals surface area contributed by atoms with E-state index in [1.165, 1.54) is 65.8 Å². The number of thiophene rings is 1. The van der Waals surface area contributed by atoms with Gasteiger partial charge in [0.2, 0.25) is 0 Å². The highest BCUT2D eigenvalue weighted by Gasteiger charge is 2.37. The summed E-state index contributed by atoms with van der Waals surface area (Å²) in [6.45, 7) is 23.3. The molecule has 0 spiro atoms. The highest BCUT2D eigenvalue weighted by molar-refractivity contribution is 7.10. The fourth-order valence-corrected chi connectivity index (χ4v) is 6.20. The Morgan fingerprint density at radius 1 is 1.22 bits per heavy atom. The second-order valence-electron chi connectivity index (χ2n) is 10.2. The van der Waals surface area contributed by atoms with Crippen molar-refractivity contribution < 1.29 is 0 Å². The van der Waals surface area contributed by atoms with Crippen LogP contribution in [0.25, 0.3) is 5.57 Å². The summed E-state index contributed by atoms with van der Waals surface area (Å²) in [5.41, 5.74) is 7.00. The van der Waals surface area contributed by atoms with E-state index in [9.17, 15) is 5.26 Å². The van der Waals surface area contributed by atoms with Crippen LogP contribution in [0.5, 0.6) is 0 Å². The maximum absolute atomic E-state index is 9.20. The molecule has 0 aliphatic heterocycles. The quantitative estimate of drug-likeness (QED) is 0.237. The Labute approximate surface area is 226 Å². The van der Waals surface area contributed by atoms with Crippen molar-refractivity contribution in [3.63, 3.8) is 0 Å². The highest BCUT2D eigenvalue weighted by atomic mass is 32.1. The number of nitriles is 1. The van der Waals surface area contributed by atoms with Crippen molar-refractivity contribution in [1.29, 1.82) is 5.26 Å². The highest BCUT2D eigenvalue weighted by Crippen LogP contribution is 2.46. The Balaban J connectivity index is 0.000000338. The second-order valence-corrected chi connectivity index (χ2v) is 11.1. The Bertz CT molecular complexity index is 993. The van der Waals surface area contributed by atoms with Gasteiger partial charge in [-0.05, 0) is 74.6 Å². The summed E-state index contributed by atoms with van der Waals surface area (Å²) in [4.78, 5) is 5.84. The van der Waals surface area contributed by atoms with Crippen LogP contribution in [0.2, 0.25) is 0 Å². The van der Waals surface area contributed by atoms with Crippen molar-refractivity contribution in [3.05, 3.63) is 69.7 Å². The maximum Gasteiger partial charge on any atom is 0.100 e. The van der Waals surface area contributed by atoms with Gasteiger partial charge in [-0.25, -0.2) is 0 Å². The lowest BCUT2D eigenvalue weighted by Crippen LogP contribution is -2.29. The number of unbranched alkanes of at least 4 members (excludes halogenated alkanes) is 1. The van der Waals surface area contributed by atoms with E-state index < -0.39 is 0 Å². The Kier molecular flexibility index (Phi) is 14.6. The molecule has 0 bridgehead atoms. The summed E-state index contributed by atoms with van der Waals surface area (Å²) in [6.07, 6.45) is 14.1. The number of hydrogen-bond donors (Lipinski definition) is 0. The SMILES string of the molecule is C=C(C)c1ccnc(CCCCC(C)CCC)c1.C=C(CC)[C@@]1(C)CCCc2scc(C#N)c21.CC. The molecule has 0 amide bonds. The minimum Gasteiger partial charge on any atom is -0.261 e. The van der Waals surface area contributed by atoms with Crippen molar-refractivity contribution >= 4 is 16.9 Å². The van der Waals surface area contributed by atoms with E-state index in [-0.39, 0.29) is 5.41 Å². The molecule has 0 fully saturated rings. The molecule has 0 radical (unpaired) electrons. The summed E-state index contributed by atoms with van der Waals surface area (Å²) in [5.74, 6) is 0.879. The number of allylic oxidation sites excluding steroid dienone is 2. The molecular formula is C33H50N2S. The third-order valence-corrected chi connectivity index (χ3v) is 8.34. The third-order valence-electron chi connectivity index (χ3n) is 7.30. The molecule has 0 N–H and O–H groups in total. The summed E-state index contributed by atoms with van der Waals surface area (Å²) in [6, 6.07) is 6.55. The lowest BCUT2D eigenvalue weighted by Gasteiger charge is -2.36. The largest absolute Gasteiger partial charge is 0.261 e. The zero-order valence-electron chi connectivity index (χ0n) is 24.2. The van der Waals surface area contributed by atoms with Crippen LogP contribution in [0.1, 0.15) is 127 Å². The average Bonchev–Trinajstić information content (AvgIpc) is 3.33. The number of aryl methyl sites for hydroxylation is 2. The third kappa shape index (κ3) is 9.04. The monoisotopic (exact) mass is 506 g/mol. The molecule has 2 aromatic heterocycles. The molecule has 1 aliphatic carbocycles. The first kappa shape index (κ1) is 31.8. The number of hydrogen-bond acceptors (Lipinski definition) is 3. The molecule has 3 heteroatoms. The van der Waals surface area contributed by atoms with Gasteiger partial charge in [0.15, 0.2) is 0 Å². The molecular weight excluding hydrogens is 456 g/mol. The van der Waals surface area contributed by atoms with E-state index in [1.807, 2.05) is 38.4 Å². The van der Waals surface area contributed by atoms with Crippen LogP contribution in [0, 0.1) is 17.2 Å². The predicted octanol–water partition coefficient (Wildman–Crippen LogP) is 10.5. The van der Waals surface area contributed by atoms with Gasteiger partial charge in [-0.15, -0.1) is 11.3 Å². The average molecular weight is 507 g/mol. The Morgan fingerprint density at radius 3 is 2.56 bits per heavy atom. The first-order chi connectivity index (χ1) is 17.3. The number of pyridine rings is 1. The summed E-state index contributed by atoms with van der Waals surface area (Å²) in [7, 11) is 0. The zero-order valence-corrected chi connectivity index (χ0v) is 25.0. The van der Waals surface area contributed by atoms with Gasteiger partial charge in [0.1, 0.15) is 6.07 Å². The molecule has 198 valence electrons. The lowest BCUT2D eigenvalue weighted by atomic mass is 9.68. The van der Waals surface area contributed by atoms with Crippen molar-refractivity contribution in [2.45, 2.75) is 118 Å². The summed E-state index contributed by atoms with van der Waals surface area (Å²) in [5, 5.41) is 11.2. The van der Waals surface area contributed by atoms with Gasteiger partial charge < -0.3 is 0 Å². The number of nitrogens with zero attached hydrogens (tertiary/aromatic N) is 2. The van der Waals surface area contributed by atoms with Gasteiger partial charge in [0.25, 0.3) is 0 Å². The number of fused-ring (bicyclic) bond motifs is 1. The Hall–Kier alpha value is -2.18. The smallest absolute Gasteiger partial charge is 0.100 e. The predicted molar refractivity (Wildman–Crippen MR) is 161 cm³/mol. The van der Waals surface area contributed by atoms with Crippen molar-refractivity contribution in [1.82, 2.24) is 4.98 Å². The van der Waals surface area contributed by atoms with Crippen LogP contribution in [-0.4, -0.2) is 4.98 Å². The first-order valence-electron chi connectivity index (χ1n) is 14.1. The van der Waals surface area contributed by atoms with E-state index in [4.69, 9.17) is 0 Å². The first-order valence-corrected chi connectivity index (χ1v) is 14.9. The molecule has 3 rings (SSSR count). The van der Waals surface area contributed by atoms with E-state index in [0.717, 1.165) is 42.7 Å². The molecule has 1 aliphatic rings. The molecule has 36 heavy (non-hydrogen) atoms. The van der Waals surface area contributed by atoms with Gasteiger partial charge >= 0.3 is 0 Å². The van der Waals surface area contributed by atoms with Gasteiger partial charge in [0.05, 0.1) is 5.56 Å². The Morgan fingerprint density at radius 2 is 1.94 bits per heavy atom. The van der Waals surface area contributed by atoms with E-state index in [1.54, 1.807) is 11.3 Å². The van der Waals surface area contributed by atoms with Crippen LogP contribution >= 0.6 is 11.3 Å². The van der Waals surface area contributed by atoms with Gasteiger partial charge in [-0.1, -0.05) is 91.5 Å². The van der Waals surface area contributed by atoms with Gasteiger partial charge in [0, 0.05) is 27.6 Å². The molecule has 0 saturated carbocycles. The zero-order chi connectivity index (χ0) is 27.1. The molecule has 2 heterocycles. The van der Waals surface area contributed by atoms with E-state index in [2.05, 4.69) is 58.0 Å². The summed E-state index contributed by atoms with van der Waals surface area (Å²) >= 11 is 1.74. The fraction of sp³-hybridized carbons (Fsp3) is 0.576. The lowest BCUT2D eigenvalue weighted by molar-refractivity contribution is 0.451. The molecule has 0 aromatic carbocycles. The minimum absolute atomic E-state index is 0.0351. The normalized spacial score (nSPS) is 16.8. The molecule has 1 unspecified atom stereocenters. The van der Waals surface area contributed by atoms with Gasteiger partial charge in [-0.2, -0.15) is 5.26 Å². The minimum atomic E-state index is 0.0351. The van der Waals surface area contributed by atoms with E-state index >= 15 is 0 Å². The molecule has 0 saturated heterocycles. The van der Waals surface area contributed by atoms with Crippen molar-refractivity contribution in [2.75, 3.05) is 0 Å². The van der Waals surface area contributed by atoms with Crippen LogP contribution in [0.15, 0.2) is 42.4 Å². The van der Waals surface area contributed by atoms with Crippen LogP contribution in [0.3, 0.4) is 0 Å². The van der Waals surface area contributed by atoms with E-state index in [0.29, 0.717) is 0 Å². The molecule has 2 aromatic rings. The second kappa shape index (κ2) is 16.5. The van der Waals surface area contributed by atoms with Crippen molar-refractivity contribution in [3.8, 4) is 6.07 Å². The standard InChI is InChI=1S/C17H27N.C14H17NS.C2H6/c1-5-8-15(4)9-6-7-10-17-13-16(14(2)3)11-12-18-17;1-4-10(2)14(3)7-5-6-12-13(14)11(8-15)9-16-12;1-2/h11-13,15H,2,5-10H2,1,3-4H3;9H,2,4-7H2,1,3H3;1-2H3/t;14-;/m.1./s1. The number of rotatable bonds is 10. The molecule has 2 atom stereocenters. The van der Waals surface area contributed by atoms with Crippen molar-refractivity contribution in [2.24, 2.45) is 5.92 Å². The van der Waals surface area contributed by atoms with Crippen LogP contribution < -0.4 is 0 Å². The topological polar surface area (TPSA) is 36.7 Å². The fourth-order valence-electron chi connectivity index (χ4n) is 5.06. The van der Waals surface area contributed by atoms with Crippen LogP contribution in [-0.2, 0) is 18.3 Å². The molecule has 2 nitrogen and oxygen atoms in total. The number of aromatic nitrogens is 1. The van der Waals surface area contributed by atoms with Gasteiger partial charge in [-0.3, -0.25) is 4.98 Å².